The third-order valence-corrected chi connectivity index (χ3v) is 5.10. The van der Waals surface area contributed by atoms with Crippen LogP contribution in [0.2, 0.25) is 0 Å². The van der Waals surface area contributed by atoms with E-state index in [2.05, 4.69) is 0 Å². The van der Waals surface area contributed by atoms with Gasteiger partial charge in [-0.15, -0.1) is 0 Å². The Bertz CT molecular complexity index is 1220. The Morgan fingerprint density at radius 1 is 1.12 bits per heavy atom. The van der Waals surface area contributed by atoms with E-state index in [0.717, 1.165) is 21.9 Å². The van der Waals surface area contributed by atoms with Gasteiger partial charge < -0.3 is 14.4 Å². The minimum absolute atomic E-state index is 0.0681. The molecule has 1 unspecified atom stereocenters. The van der Waals surface area contributed by atoms with Gasteiger partial charge in [0.2, 0.25) is 0 Å². The van der Waals surface area contributed by atoms with Crippen molar-refractivity contribution in [1.82, 2.24) is 9.13 Å². The number of hydrogen-bond donors (Lipinski definition) is 1. The lowest BCUT2D eigenvalue weighted by molar-refractivity contribution is -0.138. The van der Waals surface area contributed by atoms with Crippen LogP contribution in [0.4, 0.5) is 0 Å². The quantitative estimate of drug-likeness (QED) is 0.710. The van der Waals surface area contributed by atoms with Crippen LogP contribution in [0, 0.1) is 13.8 Å². The van der Waals surface area contributed by atoms with Crippen molar-refractivity contribution in [3.05, 3.63) is 50.0 Å². The van der Waals surface area contributed by atoms with Gasteiger partial charge in [0.1, 0.15) is 6.61 Å². The molecule has 1 aliphatic heterocycles. The zero-order valence-corrected chi connectivity index (χ0v) is 14.7. The van der Waals surface area contributed by atoms with E-state index in [1.54, 1.807) is 13.1 Å². The number of aromatic nitrogens is 2. The molecular weight excluding hydrogens is 336 g/mol. The molecule has 26 heavy (non-hydrogen) atoms. The predicted molar refractivity (Wildman–Crippen MR) is 97.2 cm³/mol. The molecule has 0 spiro atoms. The number of ether oxygens (including phenoxy) is 1. The molecule has 1 N–H and O–H groups in total. The molecule has 0 bridgehead atoms. The number of benzene rings is 1. The first kappa shape index (κ1) is 16.4. The maximum atomic E-state index is 12.7. The van der Waals surface area contributed by atoms with Crippen LogP contribution in [0.15, 0.2) is 27.8 Å². The first-order valence-electron chi connectivity index (χ1n) is 8.33. The summed E-state index contributed by atoms with van der Waals surface area (Å²) in [5.41, 5.74) is 2.37. The van der Waals surface area contributed by atoms with Gasteiger partial charge >= 0.3 is 5.97 Å². The average molecular weight is 354 g/mol. The Hall–Kier alpha value is -3.09. The Balaban J connectivity index is 2.25. The highest BCUT2D eigenvalue weighted by Crippen LogP contribution is 2.40. The van der Waals surface area contributed by atoms with Crippen LogP contribution >= 0.6 is 0 Å². The largest absolute Gasteiger partial charge is 0.487 e. The lowest BCUT2D eigenvalue weighted by Crippen LogP contribution is -2.34. The first-order valence-corrected chi connectivity index (χ1v) is 8.33. The third-order valence-electron chi connectivity index (χ3n) is 5.10. The van der Waals surface area contributed by atoms with Crippen LogP contribution in [0.1, 0.15) is 23.6 Å². The van der Waals surface area contributed by atoms with Gasteiger partial charge in [-0.05, 0) is 31.0 Å². The lowest BCUT2D eigenvalue weighted by Gasteiger charge is -2.29. The molecule has 3 heterocycles. The molecule has 0 amide bonds. The first-order chi connectivity index (χ1) is 12.3. The molecule has 3 aromatic rings. The number of nitrogens with zero attached hydrogens (tertiary/aromatic N) is 2. The Kier molecular flexibility index (Phi) is 3.44. The van der Waals surface area contributed by atoms with Crippen LogP contribution in [-0.2, 0) is 11.8 Å². The number of pyridine rings is 2. The maximum absolute atomic E-state index is 12.7. The van der Waals surface area contributed by atoms with E-state index < -0.39 is 12.0 Å². The van der Waals surface area contributed by atoms with Crippen LogP contribution in [0.5, 0.6) is 5.75 Å². The summed E-state index contributed by atoms with van der Waals surface area (Å²) in [5.74, 6) is -0.532. The van der Waals surface area contributed by atoms with E-state index in [1.807, 2.05) is 19.9 Å². The molecule has 0 radical (unpaired) electrons. The summed E-state index contributed by atoms with van der Waals surface area (Å²) in [6.07, 6.45) is -0.206. The van der Waals surface area contributed by atoms with E-state index in [9.17, 15) is 19.5 Å². The predicted octanol–water partition coefficient (Wildman–Crippen LogP) is 1.88. The lowest BCUT2D eigenvalue weighted by atomic mass is 10.00. The van der Waals surface area contributed by atoms with E-state index >= 15 is 0 Å². The second-order valence-electron chi connectivity index (χ2n) is 6.82. The van der Waals surface area contributed by atoms with Crippen molar-refractivity contribution in [2.75, 3.05) is 6.61 Å². The van der Waals surface area contributed by atoms with Gasteiger partial charge in [-0.2, -0.15) is 0 Å². The fraction of sp³-hybridized carbons (Fsp3) is 0.316. The highest BCUT2D eigenvalue weighted by Gasteiger charge is 2.29. The topological polar surface area (TPSA) is 90.5 Å². The molecule has 4 rings (SSSR count). The molecule has 0 aliphatic carbocycles. The smallest absolute Gasteiger partial charge is 0.305 e. The van der Waals surface area contributed by atoms with Crippen molar-refractivity contribution in [3.8, 4) is 5.75 Å². The molecule has 1 aliphatic rings. The second kappa shape index (κ2) is 5.45. The van der Waals surface area contributed by atoms with Crippen LogP contribution in [0.25, 0.3) is 21.8 Å². The SMILES string of the molecule is Cc1cc(=O)n(C)c2c3c4c(cc12)c(C)cc(=O)n4C(CC(=O)O)CO3. The van der Waals surface area contributed by atoms with Crippen molar-refractivity contribution >= 4 is 27.8 Å². The highest BCUT2D eigenvalue weighted by atomic mass is 16.5. The van der Waals surface area contributed by atoms with Crippen molar-refractivity contribution in [2.45, 2.75) is 26.3 Å². The van der Waals surface area contributed by atoms with Crippen molar-refractivity contribution in [3.63, 3.8) is 0 Å². The molecule has 0 saturated carbocycles. The summed E-state index contributed by atoms with van der Waals surface area (Å²) in [6.45, 7) is 3.77. The van der Waals surface area contributed by atoms with Crippen LogP contribution in [0.3, 0.4) is 0 Å². The minimum atomic E-state index is -0.994. The fourth-order valence-corrected chi connectivity index (χ4v) is 3.83. The number of carboxylic acid groups (broad SMARTS) is 1. The van der Waals surface area contributed by atoms with E-state index in [1.165, 1.54) is 15.2 Å². The Morgan fingerprint density at radius 2 is 1.73 bits per heavy atom. The number of aliphatic carboxylic acids is 1. The van der Waals surface area contributed by atoms with Gasteiger partial charge in [-0.3, -0.25) is 19.0 Å². The van der Waals surface area contributed by atoms with Crippen molar-refractivity contribution < 1.29 is 14.6 Å². The monoisotopic (exact) mass is 354 g/mol. The van der Waals surface area contributed by atoms with Crippen LogP contribution < -0.4 is 15.9 Å². The molecule has 1 aromatic carbocycles. The molecule has 134 valence electrons. The molecule has 0 saturated heterocycles. The summed E-state index contributed by atoms with van der Waals surface area (Å²) < 4.78 is 8.95. The normalized spacial score (nSPS) is 16.0. The van der Waals surface area contributed by atoms with Gasteiger partial charge in [-0.25, -0.2) is 0 Å². The zero-order chi connectivity index (χ0) is 18.7. The molecular formula is C19H18N2O5. The number of hydrogen-bond acceptors (Lipinski definition) is 4. The maximum Gasteiger partial charge on any atom is 0.305 e. The third kappa shape index (κ3) is 2.16. The Labute approximate surface area is 148 Å². The standard InChI is InChI=1S/C19H18N2O5/c1-9-4-14(22)20(3)17-12(9)7-13-10(2)5-15(23)21-11(6-16(24)25)8-26-19(17)18(13)21/h4-5,7,11H,6,8H2,1-3H3,(H,24,25). The average Bonchev–Trinajstić information content (AvgIpc) is 2.56. The second-order valence-corrected chi connectivity index (χ2v) is 6.82. The summed E-state index contributed by atoms with van der Waals surface area (Å²) in [7, 11) is 1.66. The molecule has 2 aromatic heterocycles. The van der Waals surface area contributed by atoms with E-state index in [4.69, 9.17) is 4.74 Å². The molecule has 7 nitrogen and oxygen atoms in total. The minimum Gasteiger partial charge on any atom is -0.487 e. The van der Waals surface area contributed by atoms with Crippen molar-refractivity contribution in [1.29, 1.82) is 0 Å². The summed E-state index contributed by atoms with van der Waals surface area (Å²) in [5, 5.41) is 10.9. The zero-order valence-electron chi connectivity index (χ0n) is 14.7. The van der Waals surface area contributed by atoms with E-state index in [0.29, 0.717) is 16.8 Å². The number of carboxylic acids is 1. The summed E-state index contributed by atoms with van der Waals surface area (Å²) >= 11 is 0. The number of carbonyl (C=O) groups is 1. The van der Waals surface area contributed by atoms with Gasteiger partial charge in [0, 0.05) is 30.0 Å². The number of fused-ring (bicyclic) bond motifs is 2. The number of rotatable bonds is 2. The molecule has 7 heteroatoms. The summed E-state index contributed by atoms with van der Waals surface area (Å²) in [6, 6.07) is 4.45. The number of aryl methyl sites for hydroxylation is 3. The van der Waals surface area contributed by atoms with Gasteiger partial charge in [0.05, 0.1) is 23.5 Å². The molecule has 0 fully saturated rings. The van der Waals surface area contributed by atoms with Crippen molar-refractivity contribution in [2.24, 2.45) is 7.05 Å². The van der Waals surface area contributed by atoms with Gasteiger partial charge in [-0.1, -0.05) is 0 Å². The fourth-order valence-electron chi connectivity index (χ4n) is 3.83. The molecule has 1 atom stereocenters. The van der Waals surface area contributed by atoms with E-state index in [-0.39, 0.29) is 24.1 Å². The van der Waals surface area contributed by atoms with Gasteiger partial charge in [0.15, 0.2) is 5.75 Å². The summed E-state index contributed by atoms with van der Waals surface area (Å²) in [4.78, 5) is 36.1. The van der Waals surface area contributed by atoms with Gasteiger partial charge in [0.25, 0.3) is 11.1 Å². The van der Waals surface area contributed by atoms with Crippen LogP contribution in [-0.4, -0.2) is 26.8 Å². The highest BCUT2D eigenvalue weighted by molar-refractivity contribution is 6.04. The Morgan fingerprint density at radius 3 is 2.38 bits per heavy atom.